The van der Waals surface area contributed by atoms with Crippen LogP contribution in [-0.4, -0.2) is 30.1 Å². The molecule has 2 atom stereocenters. The molecule has 112 valence electrons. The molecule has 1 saturated heterocycles. The minimum atomic E-state index is 0.113. The zero-order valence-electron chi connectivity index (χ0n) is 12.9. The Balaban J connectivity index is 2.03. The Morgan fingerprint density at radius 3 is 2.09 bits per heavy atom. The maximum Gasteiger partial charge on any atom is 0.0846 e. The summed E-state index contributed by atoms with van der Waals surface area (Å²) < 4.78 is 0. The highest BCUT2D eigenvalue weighted by molar-refractivity contribution is 5.33. The van der Waals surface area contributed by atoms with Gasteiger partial charge >= 0.3 is 0 Å². The Bertz CT molecular complexity index is 590. The predicted octanol–water partition coefficient (Wildman–Crippen LogP) is 3.07. The molecule has 0 radical (unpaired) electrons. The van der Waals surface area contributed by atoms with E-state index in [2.05, 4.69) is 83.7 Å². The van der Waals surface area contributed by atoms with E-state index < -0.39 is 0 Å². The number of rotatable bonds is 3. The second-order valence-corrected chi connectivity index (χ2v) is 5.91. The number of piperazine rings is 1. The number of benzene rings is 2. The summed E-state index contributed by atoms with van der Waals surface area (Å²) in [5, 5.41) is 3.49. The summed E-state index contributed by atoms with van der Waals surface area (Å²) >= 11 is 0. The zero-order chi connectivity index (χ0) is 15.4. The molecule has 2 heteroatoms. The first-order valence-electron chi connectivity index (χ1n) is 7.84. The lowest BCUT2D eigenvalue weighted by Gasteiger charge is -2.42. The molecule has 0 aliphatic carbocycles. The van der Waals surface area contributed by atoms with Gasteiger partial charge < -0.3 is 5.32 Å². The molecule has 0 aromatic heterocycles. The lowest BCUT2D eigenvalue weighted by atomic mass is 9.94. The normalized spacial score (nSPS) is 22.4. The maximum absolute atomic E-state index is 5.80. The van der Waals surface area contributed by atoms with Gasteiger partial charge in [0.25, 0.3) is 0 Å². The van der Waals surface area contributed by atoms with Gasteiger partial charge in [0.15, 0.2) is 0 Å². The first-order valence-corrected chi connectivity index (χ1v) is 7.84. The minimum absolute atomic E-state index is 0.113. The average Bonchev–Trinajstić information content (AvgIpc) is 2.57. The van der Waals surface area contributed by atoms with Crippen molar-refractivity contribution in [3.05, 3.63) is 71.8 Å². The fraction of sp³-hybridized carbons (Fsp3) is 0.300. The molecule has 0 spiro atoms. The van der Waals surface area contributed by atoms with Crippen LogP contribution in [0.15, 0.2) is 60.7 Å². The molecule has 1 aliphatic rings. The third-order valence-corrected chi connectivity index (χ3v) is 4.30. The molecule has 1 heterocycles. The van der Waals surface area contributed by atoms with Gasteiger partial charge in [-0.05, 0) is 18.1 Å². The molecule has 0 amide bonds. The summed E-state index contributed by atoms with van der Waals surface area (Å²) in [5.74, 6) is 2.96. The van der Waals surface area contributed by atoms with Crippen molar-refractivity contribution < 1.29 is 0 Å². The SMILES string of the molecule is C#C[C@H]1CN[C@H](C)CN1C(c1ccccc1)c1ccccc1. The summed E-state index contributed by atoms with van der Waals surface area (Å²) in [5.41, 5.74) is 2.59. The van der Waals surface area contributed by atoms with Crippen molar-refractivity contribution in [3.8, 4) is 12.3 Å². The summed E-state index contributed by atoms with van der Waals surface area (Å²) in [4.78, 5) is 2.45. The molecule has 0 saturated carbocycles. The largest absolute Gasteiger partial charge is 0.310 e. The average molecular weight is 290 g/mol. The van der Waals surface area contributed by atoms with Crippen molar-refractivity contribution in [1.29, 1.82) is 0 Å². The molecule has 22 heavy (non-hydrogen) atoms. The first-order chi connectivity index (χ1) is 10.8. The van der Waals surface area contributed by atoms with E-state index in [1.165, 1.54) is 11.1 Å². The number of nitrogens with zero attached hydrogens (tertiary/aromatic N) is 1. The van der Waals surface area contributed by atoms with Crippen LogP contribution in [0.25, 0.3) is 0 Å². The molecule has 3 rings (SSSR count). The van der Waals surface area contributed by atoms with E-state index >= 15 is 0 Å². The van der Waals surface area contributed by atoms with E-state index in [9.17, 15) is 0 Å². The molecule has 2 aromatic carbocycles. The summed E-state index contributed by atoms with van der Waals surface area (Å²) in [6, 6.07) is 22.0. The quantitative estimate of drug-likeness (QED) is 0.874. The van der Waals surface area contributed by atoms with E-state index in [1.807, 2.05) is 0 Å². The van der Waals surface area contributed by atoms with Gasteiger partial charge in [-0.15, -0.1) is 6.42 Å². The zero-order valence-corrected chi connectivity index (χ0v) is 12.9. The third-order valence-electron chi connectivity index (χ3n) is 4.30. The van der Waals surface area contributed by atoms with E-state index in [1.54, 1.807) is 0 Å². The molecule has 1 aliphatic heterocycles. The molecule has 0 bridgehead atoms. The van der Waals surface area contributed by atoms with Crippen LogP contribution in [0.5, 0.6) is 0 Å². The Kier molecular flexibility index (Phi) is 4.58. The van der Waals surface area contributed by atoms with Crippen molar-refractivity contribution in [3.63, 3.8) is 0 Å². The van der Waals surface area contributed by atoms with Crippen LogP contribution in [0.4, 0.5) is 0 Å². The Morgan fingerprint density at radius 2 is 1.59 bits per heavy atom. The highest BCUT2D eigenvalue weighted by Gasteiger charge is 2.32. The summed E-state index contributed by atoms with van der Waals surface area (Å²) in [6.07, 6.45) is 5.80. The van der Waals surface area contributed by atoms with Crippen LogP contribution < -0.4 is 5.32 Å². The van der Waals surface area contributed by atoms with Gasteiger partial charge in [-0.1, -0.05) is 66.6 Å². The van der Waals surface area contributed by atoms with Gasteiger partial charge in [-0.25, -0.2) is 0 Å². The van der Waals surface area contributed by atoms with Crippen molar-refractivity contribution in [2.45, 2.75) is 25.0 Å². The van der Waals surface area contributed by atoms with Crippen molar-refractivity contribution in [2.75, 3.05) is 13.1 Å². The van der Waals surface area contributed by atoms with E-state index in [0.29, 0.717) is 6.04 Å². The Morgan fingerprint density at radius 1 is 1.05 bits per heavy atom. The van der Waals surface area contributed by atoms with Crippen LogP contribution in [-0.2, 0) is 0 Å². The van der Waals surface area contributed by atoms with E-state index in [0.717, 1.165) is 13.1 Å². The summed E-state index contributed by atoms with van der Waals surface area (Å²) in [7, 11) is 0. The van der Waals surface area contributed by atoms with Gasteiger partial charge in [0.05, 0.1) is 12.1 Å². The Hall–Kier alpha value is -2.08. The molecular formula is C20H22N2. The number of nitrogens with one attached hydrogen (secondary N) is 1. The second-order valence-electron chi connectivity index (χ2n) is 5.91. The smallest absolute Gasteiger partial charge is 0.0846 e. The Labute approximate surface area is 133 Å². The number of terminal acetylenes is 1. The monoisotopic (exact) mass is 290 g/mol. The van der Waals surface area contributed by atoms with Gasteiger partial charge in [0, 0.05) is 19.1 Å². The van der Waals surface area contributed by atoms with Crippen LogP contribution in [0.3, 0.4) is 0 Å². The van der Waals surface area contributed by atoms with Gasteiger partial charge in [0.1, 0.15) is 0 Å². The van der Waals surface area contributed by atoms with Crippen LogP contribution in [0.1, 0.15) is 24.1 Å². The third kappa shape index (κ3) is 3.06. The topological polar surface area (TPSA) is 15.3 Å². The first kappa shape index (κ1) is 14.8. The number of hydrogen-bond acceptors (Lipinski definition) is 2. The number of hydrogen-bond donors (Lipinski definition) is 1. The predicted molar refractivity (Wildman–Crippen MR) is 91.5 cm³/mol. The summed E-state index contributed by atoms with van der Waals surface area (Å²) in [6.45, 7) is 4.00. The van der Waals surface area contributed by atoms with Gasteiger partial charge in [-0.3, -0.25) is 4.90 Å². The molecule has 1 fully saturated rings. The molecule has 2 nitrogen and oxygen atoms in total. The highest BCUT2D eigenvalue weighted by atomic mass is 15.2. The van der Waals surface area contributed by atoms with Gasteiger partial charge in [0.2, 0.25) is 0 Å². The fourth-order valence-electron chi connectivity index (χ4n) is 3.22. The van der Waals surface area contributed by atoms with Crippen molar-refractivity contribution in [1.82, 2.24) is 10.2 Å². The van der Waals surface area contributed by atoms with Gasteiger partial charge in [-0.2, -0.15) is 0 Å². The fourth-order valence-corrected chi connectivity index (χ4v) is 3.22. The minimum Gasteiger partial charge on any atom is -0.310 e. The van der Waals surface area contributed by atoms with Crippen molar-refractivity contribution >= 4 is 0 Å². The molecule has 0 unspecified atom stereocenters. The maximum atomic E-state index is 5.80. The van der Waals surface area contributed by atoms with Crippen LogP contribution in [0, 0.1) is 12.3 Å². The molecule has 2 aromatic rings. The molecule has 1 N–H and O–H groups in total. The van der Waals surface area contributed by atoms with Crippen LogP contribution >= 0.6 is 0 Å². The lowest BCUT2D eigenvalue weighted by Crippen LogP contribution is -2.56. The van der Waals surface area contributed by atoms with E-state index in [-0.39, 0.29) is 12.1 Å². The highest BCUT2D eigenvalue weighted by Crippen LogP contribution is 2.31. The second kappa shape index (κ2) is 6.79. The van der Waals surface area contributed by atoms with Crippen LogP contribution in [0.2, 0.25) is 0 Å². The molecular weight excluding hydrogens is 268 g/mol. The standard InChI is InChI=1S/C20H22N2/c1-3-19-14-21-16(2)15-22(19)20(17-10-6-4-7-11-17)18-12-8-5-9-13-18/h1,4-13,16,19-21H,14-15H2,2H3/t16-,19+/m1/s1. The lowest BCUT2D eigenvalue weighted by molar-refractivity contribution is 0.134. The van der Waals surface area contributed by atoms with E-state index in [4.69, 9.17) is 6.42 Å². The van der Waals surface area contributed by atoms with Crippen molar-refractivity contribution in [2.24, 2.45) is 0 Å².